The Morgan fingerprint density at radius 3 is 2.62 bits per heavy atom. The van der Waals surface area contributed by atoms with E-state index in [9.17, 15) is 10.1 Å². The van der Waals surface area contributed by atoms with Gasteiger partial charge in [-0.25, -0.2) is 10.1 Å². The van der Waals surface area contributed by atoms with Gasteiger partial charge in [0, 0.05) is 11.0 Å². The van der Waals surface area contributed by atoms with Gasteiger partial charge in [-0.05, 0) is 24.6 Å². The predicted octanol–water partition coefficient (Wildman–Crippen LogP) is -1.01. The van der Waals surface area contributed by atoms with Crippen molar-refractivity contribution in [3.05, 3.63) is 33.9 Å². The van der Waals surface area contributed by atoms with E-state index in [1.165, 1.54) is 7.11 Å². The van der Waals surface area contributed by atoms with Gasteiger partial charge in [0.15, 0.2) is 11.5 Å². The summed E-state index contributed by atoms with van der Waals surface area (Å²) in [4.78, 5) is 10.2. The van der Waals surface area contributed by atoms with Crippen LogP contribution >= 0.6 is 0 Å². The number of hydrogen-bond acceptors (Lipinski definition) is 5. The van der Waals surface area contributed by atoms with Gasteiger partial charge >= 0.3 is 5.96 Å². The summed E-state index contributed by atoms with van der Waals surface area (Å²) in [5, 5.41) is 15.9. The van der Waals surface area contributed by atoms with Gasteiger partial charge in [0.05, 0.1) is 19.9 Å². The molecule has 0 aliphatic heterocycles. The molecule has 1 aromatic rings. The third-order valence-electron chi connectivity index (χ3n) is 2.57. The zero-order valence-electron chi connectivity index (χ0n) is 12.0. The van der Waals surface area contributed by atoms with Gasteiger partial charge in [0.2, 0.25) is 5.03 Å². The molecular weight excluding hydrogens is 278 g/mol. The maximum absolute atomic E-state index is 10.2. The lowest BCUT2D eigenvalue weighted by atomic mass is 10.1. The molecule has 114 valence electrons. The van der Waals surface area contributed by atoms with E-state index in [1.54, 1.807) is 24.7 Å². The van der Waals surface area contributed by atoms with E-state index in [1.807, 2.05) is 13.0 Å². The van der Waals surface area contributed by atoms with Crippen LogP contribution in [0.1, 0.15) is 18.9 Å². The van der Waals surface area contributed by atoms with Crippen LogP contribution in [0, 0.1) is 10.1 Å². The summed E-state index contributed by atoms with van der Waals surface area (Å²) >= 11 is 0. The van der Waals surface area contributed by atoms with E-state index in [4.69, 9.17) is 15.2 Å². The molecule has 0 heterocycles. The van der Waals surface area contributed by atoms with Crippen molar-refractivity contribution in [1.29, 1.82) is 0 Å². The van der Waals surface area contributed by atoms with Crippen molar-refractivity contribution >= 4 is 11.7 Å². The number of guanidine groups is 1. The summed E-state index contributed by atoms with van der Waals surface area (Å²) in [5.74, 6) is 0.897. The fraction of sp³-hybridized carbons (Fsp3) is 0.333. The van der Waals surface area contributed by atoms with E-state index >= 15 is 0 Å². The Labute approximate surface area is 121 Å². The number of nitro groups is 1. The molecule has 0 bridgehead atoms. The van der Waals surface area contributed by atoms with E-state index < -0.39 is 5.03 Å². The standard InChI is InChI=1S/C12H17N5O4/c1-4-9(14-15-12(13)16-17(18)19)8-5-6-10(20-2)11(7-8)21-3/h5-7H,4H2,1-3H3,(H3,13,15,16)/p+1/b14-9+. The number of ether oxygens (including phenoxy) is 2. The minimum Gasteiger partial charge on any atom is -0.493 e. The summed E-state index contributed by atoms with van der Waals surface area (Å²) in [6, 6.07) is 5.32. The summed E-state index contributed by atoms with van der Waals surface area (Å²) in [7, 11) is 3.09. The number of hydrazone groups is 1. The lowest BCUT2D eigenvalue weighted by Crippen LogP contribution is -2.74. The molecule has 9 nitrogen and oxygen atoms in total. The molecule has 0 amide bonds. The van der Waals surface area contributed by atoms with Gasteiger partial charge in [-0.15, -0.1) is 5.10 Å². The van der Waals surface area contributed by atoms with Crippen LogP contribution in [0.15, 0.2) is 23.3 Å². The van der Waals surface area contributed by atoms with Crippen molar-refractivity contribution in [2.24, 2.45) is 10.8 Å². The highest BCUT2D eigenvalue weighted by Crippen LogP contribution is 2.27. The molecule has 1 aromatic carbocycles. The van der Waals surface area contributed by atoms with Crippen LogP contribution in [0.5, 0.6) is 11.5 Å². The summed E-state index contributed by atoms with van der Waals surface area (Å²) < 4.78 is 10.4. The van der Waals surface area contributed by atoms with Crippen LogP contribution < -0.4 is 25.7 Å². The fourth-order valence-electron chi connectivity index (χ4n) is 1.61. The molecule has 21 heavy (non-hydrogen) atoms. The van der Waals surface area contributed by atoms with Crippen LogP contribution in [-0.4, -0.2) is 30.9 Å². The average Bonchev–Trinajstić information content (AvgIpc) is 2.46. The molecule has 0 saturated heterocycles. The number of methoxy groups -OCH3 is 2. The first kappa shape index (κ1) is 16.2. The summed E-state index contributed by atoms with van der Waals surface area (Å²) in [5.41, 5.74) is 8.57. The van der Waals surface area contributed by atoms with Crippen molar-refractivity contribution in [2.75, 3.05) is 14.2 Å². The number of rotatable bonds is 6. The second-order valence-electron chi connectivity index (χ2n) is 3.88. The largest absolute Gasteiger partial charge is 0.493 e. The fourth-order valence-corrected chi connectivity index (χ4v) is 1.61. The highest BCUT2D eigenvalue weighted by atomic mass is 16.7. The molecule has 0 atom stereocenters. The average molecular weight is 296 g/mol. The lowest BCUT2D eigenvalue weighted by molar-refractivity contribution is -0.548. The summed E-state index contributed by atoms with van der Waals surface area (Å²) in [6.07, 6.45) is 0.591. The minimum absolute atomic E-state index is 0.272. The molecule has 0 radical (unpaired) electrons. The van der Waals surface area contributed by atoms with Gasteiger partial charge in [0.25, 0.3) is 0 Å². The van der Waals surface area contributed by atoms with Crippen molar-refractivity contribution in [2.45, 2.75) is 13.3 Å². The van der Waals surface area contributed by atoms with Gasteiger partial charge in [-0.1, -0.05) is 6.92 Å². The third kappa shape index (κ3) is 4.64. The Morgan fingerprint density at radius 2 is 2.10 bits per heavy atom. The lowest BCUT2D eigenvalue weighted by Gasteiger charge is -2.09. The number of benzene rings is 1. The van der Waals surface area contributed by atoms with Crippen molar-refractivity contribution in [3.8, 4) is 11.5 Å². The normalized spacial score (nSPS) is 12.0. The van der Waals surface area contributed by atoms with Crippen molar-refractivity contribution < 1.29 is 19.6 Å². The quantitative estimate of drug-likeness (QED) is 0.267. The van der Waals surface area contributed by atoms with Crippen LogP contribution in [0.4, 0.5) is 0 Å². The number of hydrazine groups is 1. The highest BCUT2D eigenvalue weighted by molar-refractivity contribution is 6.00. The van der Waals surface area contributed by atoms with Gasteiger partial charge in [-0.2, -0.15) is 5.10 Å². The Balaban J connectivity index is 3.07. The topological polar surface area (TPSA) is 126 Å². The van der Waals surface area contributed by atoms with E-state index in [-0.39, 0.29) is 5.96 Å². The van der Waals surface area contributed by atoms with Crippen molar-refractivity contribution in [1.82, 2.24) is 5.43 Å². The molecule has 9 heteroatoms. The van der Waals surface area contributed by atoms with Gasteiger partial charge in [-0.3, -0.25) is 5.73 Å². The number of nitrogens with two attached hydrogens (primary N) is 1. The van der Waals surface area contributed by atoms with Crippen LogP contribution in [0.25, 0.3) is 0 Å². The molecule has 4 N–H and O–H groups in total. The second kappa shape index (κ2) is 7.68. The highest BCUT2D eigenvalue weighted by Gasteiger charge is 2.10. The van der Waals surface area contributed by atoms with E-state index in [0.29, 0.717) is 23.6 Å². The van der Waals surface area contributed by atoms with Gasteiger partial charge < -0.3 is 9.47 Å². The Hall–Kier alpha value is -2.84. The number of nitrogens with one attached hydrogen (secondary N) is 2. The third-order valence-corrected chi connectivity index (χ3v) is 2.57. The molecule has 0 fully saturated rings. The maximum Gasteiger partial charge on any atom is 0.427 e. The first-order chi connectivity index (χ1) is 10.0. The summed E-state index contributed by atoms with van der Waals surface area (Å²) in [6.45, 7) is 1.90. The Morgan fingerprint density at radius 1 is 1.43 bits per heavy atom. The second-order valence-corrected chi connectivity index (χ2v) is 3.88. The van der Waals surface area contributed by atoms with Crippen LogP contribution in [0.2, 0.25) is 0 Å². The molecule has 1 rings (SSSR count). The van der Waals surface area contributed by atoms with Crippen LogP contribution in [0.3, 0.4) is 0 Å². The molecule has 0 aromatic heterocycles. The first-order valence-electron chi connectivity index (χ1n) is 6.10. The molecule has 0 aliphatic carbocycles. The zero-order valence-corrected chi connectivity index (χ0v) is 12.0. The van der Waals surface area contributed by atoms with Crippen LogP contribution in [-0.2, 0) is 0 Å². The molecule has 0 saturated carbocycles. The molecule has 0 aliphatic rings. The predicted molar refractivity (Wildman–Crippen MR) is 76.7 cm³/mol. The van der Waals surface area contributed by atoms with E-state index in [0.717, 1.165) is 5.56 Å². The molecular formula is C12H18N5O4+. The minimum atomic E-state index is -0.778. The zero-order chi connectivity index (χ0) is 15.8. The number of nitrogens with zero attached hydrogens (tertiary/aromatic N) is 2. The van der Waals surface area contributed by atoms with E-state index in [2.05, 4.69) is 10.2 Å². The van der Waals surface area contributed by atoms with Gasteiger partial charge in [0.1, 0.15) is 0 Å². The smallest absolute Gasteiger partial charge is 0.427 e. The Kier molecular flexibility index (Phi) is 5.93. The maximum atomic E-state index is 10.2. The molecule has 0 spiro atoms. The Bertz CT molecular complexity index is 571. The monoisotopic (exact) mass is 296 g/mol. The SMILES string of the molecule is CC/C(=N\[NH+]=C(N)N[N+](=O)[O-])c1ccc(OC)c(OC)c1. The first-order valence-corrected chi connectivity index (χ1v) is 6.10. The van der Waals surface area contributed by atoms with Crippen molar-refractivity contribution in [3.63, 3.8) is 0 Å². The number of hydrogen-bond donors (Lipinski definition) is 3. The molecule has 0 unspecified atom stereocenters.